The van der Waals surface area contributed by atoms with E-state index in [4.69, 9.17) is 0 Å². The molecule has 0 spiro atoms. The van der Waals surface area contributed by atoms with Crippen LogP contribution in [-0.2, 0) is 9.59 Å². The molecule has 0 fully saturated rings. The molecule has 0 aromatic heterocycles. The van der Waals surface area contributed by atoms with Gasteiger partial charge >= 0.3 is 0 Å². The van der Waals surface area contributed by atoms with E-state index in [1.54, 1.807) is 0 Å². The molecule has 0 radical (unpaired) electrons. The maximum atomic E-state index is 12.1. The van der Waals surface area contributed by atoms with Crippen LogP contribution in [0.5, 0.6) is 0 Å². The first-order valence-electron chi connectivity index (χ1n) is 6.43. The summed E-state index contributed by atoms with van der Waals surface area (Å²) in [5.74, 6) is -0.606. The van der Waals surface area contributed by atoms with E-state index in [9.17, 15) is 14.7 Å². The van der Waals surface area contributed by atoms with Crippen LogP contribution < -0.4 is 0 Å². The summed E-state index contributed by atoms with van der Waals surface area (Å²) in [4.78, 5) is 24.0. The van der Waals surface area contributed by atoms with Gasteiger partial charge in [0.2, 0.25) is 0 Å². The fourth-order valence-corrected chi connectivity index (χ4v) is 2.04. The molecular formula is C15H22O3. The molecule has 2 atom stereocenters. The second kappa shape index (κ2) is 6.10. The van der Waals surface area contributed by atoms with Crippen molar-refractivity contribution in [3.05, 3.63) is 23.3 Å². The lowest BCUT2D eigenvalue weighted by atomic mass is 9.94. The molecule has 1 rings (SSSR count). The van der Waals surface area contributed by atoms with Gasteiger partial charge in [0.25, 0.3) is 0 Å². The Labute approximate surface area is 109 Å². The molecule has 1 aliphatic rings. The number of carbonyl (C=O) groups is 2. The fourth-order valence-electron chi connectivity index (χ4n) is 2.04. The Balaban J connectivity index is 2.75. The summed E-state index contributed by atoms with van der Waals surface area (Å²) in [5, 5.41) is 9.85. The number of carbonyl (C=O) groups excluding carboxylic acids is 2. The quantitative estimate of drug-likeness (QED) is 0.602. The molecule has 0 bridgehead atoms. The molecule has 1 aliphatic carbocycles. The summed E-state index contributed by atoms with van der Waals surface area (Å²) in [6.45, 7) is 7.78. The first-order chi connectivity index (χ1) is 8.32. The number of allylic oxidation sites excluding steroid dienone is 3. The van der Waals surface area contributed by atoms with Crippen LogP contribution in [0.15, 0.2) is 23.3 Å². The van der Waals surface area contributed by atoms with E-state index in [2.05, 4.69) is 0 Å². The summed E-state index contributed by atoms with van der Waals surface area (Å²) < 4.78 is 0. The smallest absolute Gasteiger partial charge is 0.172 e. The normalized spacial score (nSPS) is 23.2. The molecule has 3 nitrogen and oxygen atoms in total. The SMILES string of the molecule is CC(C)=CCC1C(=O)C(C(=O)CC(C)C)=CC1O. The minimum Gasteiger partial charge on any atom is -0.388 e. The van der Waals surface area contributed by atoms with Crippen LogP contribution in [0, 0.1) is 11.8 Å². The van der Waals surface area contributed by atoms with E-state index < -0.39 is 12.0 Å². The minimum atomic E-state index is -0.820. The predicted molar refractivity (Wildman–Crippen MR) is 71.1 cm³/mol. The first-order valence-corrected chi connectivity index (χ1v) is 6.43. The van der Waals surface area contributed by atoms with Crippen molar-refractivity contribution >= 4 is 11.6 Å². The van der Waals surface area contributed by atoms with Crippen molar-refractivity contribution < 1.29 is 14.7 Å². The van der Waals surface area contributed by atoms with Crippen LogP contribution in [0.4, 0.5) is 0 Å². The van der Waals surface area contributed by atoms with Crippen LogP contribution in [-0.4, -0.2) is 22.8 Å². The third-order valence-electron chi connectivity index (χ3n) is 3.03. The van der Waals surface area contributed by atoms with Gasteiger partial charge in [-0.15, -0.1) is 0 Å². The third kappa shape index (κ3) is 3.64. The van der Waals surface area contributed by atoms with E-state index in [-0.39, 0.29) is 23.1 Å². The van der Waals surface area contributed by atoms with E-state index in [0.29, 0.717) is 12.8 Å². The molecule has 3 heteroatoms. The number of ketones is 2. The third-order valence-corrected chi connectivity index (χ3v) is 3.03. The van der Waals surface area contributed by atoms with E-state index >= 15 is 0 Å². The number of rotatable bonds is 5. The standard InChI is InChI=1S/C15H22O3/c1-9(2)5-6-11-14(17)8-12(15(11)18)13(16)7-10(3)4/h5,8,10-11,14,17H,6-7H2,1-4H3. The minimum absolute atomic E-state index is 0.145. The Hall–Kier alpha value is -1.22. The monoisotopic (exact) mass is 250 g/mol. The van der Waals surface area contributed by atoms with Gasteiger partial charge in [0, 0.05) is 6.42 Å². The molecule has 0 aromatic rings. The summed E-state index contributed by atoms with van der Waals surface area (Å²) in [7, 11) is 0. The van der Waals surface area contributed by atoms with Gasteiger partial charge in [-0.3, -0.25) is 9.59 Å². The average molecular weight is 250 g/mol. The molecule has 0 saturated carbocycles. The maximum Gasteiger partial charge on any atom is 0.172 e. The highest BCUT2D eigenvalue weighted by Gasteiger charge is 2.36. The van der Waals surface area contributed by atoms with Crippen molar-refractivity contribution in [1.29, 1.82) is 0 Å². The zero-order valence-corrected chi connectivity index (χ0v) is 11.6. The molecular weight excluding hydrogens is 228 g/mol. The number of Topliss-reactive ketones (excluding diaryl/α,β-unsaturated/α-hetero) is 2. The van der Waals surface area contributed by atoms with Crippen molar-refractivity contribution in [3.8, 4) is 0 Å². The van der Waals surface area contributed by atoms with Gasteiger partial charge in [0.1, 0.15) is 0 Å². The van der Waals surface area contributed by atoms with Crippen molar-refractivity contribution in [1.82, 2.24) is 0 Å². The van der Waals surface area contributed by atoms with Crippen molar-refractivity contribution in [2.45, 2.75) is 46.6 Å². The largest absolute Gasteiger partial charge is 0.388 e. The van der Waals surface area contributed by atoms with Crippen molar-refractivity contribution in [3.63, 3.8) is 0 Å². The second-order valence-electron chi connectivity index (χ2n) is 5.58. The predicted octanol–water partition coefficient (Wildman–Crippen LogP) is 2.44. The first kappa shape index (κ1) is 14.8. The summed E-state index contributed by atoms with van der Waals surface area (Å²) in [5.41, 5.74) is 1.31. The molecule has 18 heavy (non-hydrogen) atoms. The highest BCUT2D eigenvalue weighted by atomic mass is 16.3. The Kier molecular flexibility index (Phi) is 5.03. The number of aliphatic hydroxyl groups is 1. The van der Waals surface area contributed by atoms with E-state index in [1.165, 1.54) is 6.08 Å². The molecule has 0 saturated heterocycles. The van der Waals surface area contributed by atoms with Gasteiger partial charge in [-0.25, -0.2) is 0 Å². The molecule has 100 valence electrons. The number of hydrogen-bond donors (Lipinski definition) is 1. The number of hydrogen-bond acceptors (Lipinski definition) is 3. The summed E-state index contributed by atoms with van der Waals surface area (Å²) in [6, 6.07) is 0. The maximum absolute atomic E-state index is 12.1. The molecule has 0 aromatic carbocycles. The van der Waals surface area contributed by atoms with E-state index in [1.807, 2.05) is 33.8 Å². The zero-order valence-electron chi connectivity index (χ0n) is 11.6. The molecule has 1 N–H and O–H groups in total. The average Bonchev–Trinajstić information content (AvgIpc) is 2.51. The van der Waals surface area contributed by atoms with Crippen LogP contribution in [0.1, 0.15) is 40.5 Å². The lowest BCUT2D eigenvalue weighted by molar-refractivity contribution is -0.124. The van der Waals surface area contributed by atoms with Gasteiger partial charge in [0.15, 0.2) is 11.6 Å². The Morgan fingerprint density at radius 1 is 1.44 bits per heavy atom. The van der Waals surface area contributed by atoms with Gasteiger partial charge in [-0.2, -0.15) is 0 Å². The Morgan fingerprint density at radius 3 is 2.56 bits per heavy atom. The van der Waals surface area contributed by atoms with Crippen LogP contribution in [0.2, 0.25) is 0 Å². The lowest BCUT2D eigenvalue weighted by Crippen LogP contribution is -2.22. The molecule has 2 unspecified atom stereocenters. The topological polar surface area (TPSA) is 54.4 Å². The highest BCUT2D eigenvalue weighted by Crippen LogP contribution is 2.27. The zero-order chi connectivity index (χ0) is 13.9. The number of aliphatic hydroxyl groups excluding tert-OH is 1. The van der Waals surface area contributed by atoms with Gasteiger partial charge < -0.3 is 5.11 Å². The Bertz CT molecular complexity index is 398. The summed E-state index contributed by atoms with van der Waals surface area (Å²) in [6.07, 6.45) is 3.39. The van der Waals surface area contributed by atoms with Crippen LogP contribution in [0.3, 0.4) is 0 Å². The Morgan fingerprint density at radius 2 is 2.06 bits per heavy atom. The van der Waals surface area contributed by atoms with Gasteiger partial charge in [0.05, 0.1) is 17.6 Å². The lowest BCUT2D eigenvalue weighted by Gasteiger charge is -2.11. The second-order valence-corrected chi connectivity index (χ2v) is 5.58. The highest BCUT2D eigenvalue weighted by molar-refractivity contribution is 6.22. The molecule has 0 heterocycles. The summed E-state index contributed by atoms with van der Waals surface area (Å²) >= 11 is 0. The molecule has 0 amide bonds. The van der Waals surface area contributed by atoms with Crippen LogP contribution in [0.25, 0.3) is 0 Å². The van der Waals surface area contributed by atoms with Crippen molar-refractivity contribution in [2.75, 3.05) is 0 Å². The van der Waals surface area contributed by atoms with E-state index in [0.717, 1.165) is 5.57 Å². The molecule has 0 aliphatic heterocycles. The van der Waals surface area contributed by atoms with Crippen molar-refractivity contribution in [2.24, 2.45) is 11.8 Å². The van der Waals surface area contributed by atoms with Gasteiger partial charge in [-0.05, 0) is 32.3 Å². The van der Waals surface area contributed by atoms with Gasteiger partial charge in [-0.1, -0.05) is 25.5 Å². The fraction of sp³-hybridized carbons (Fsp3) is 0.600. The van der Waals surface area contributed by atoms with Crippen LogP contribution >= 0.6 is 0 Å².